The molecule has 3 heteroatoms. The number of nitrogens with one attached hydrogen (secondary N) is 1. The Balaban J connectivity index is 1.72. The maximum Gasteiger partial charge on any atom is 0.119 e. The van der Waals surface area contributed by atoms with Crippen molar-refractivity contribution in [2.75, 3.05) is 26.7 Å². The van der Waals surface area contributed by atoms with E-state index < -0.39 is 0 Å². The first-order chi connectivity index (χ1) is 10.0. The monoisotopic (exact) mass is 290 g/mol. The highest BCUT2D eigenvalue weighted by atomic mass is 16.5. The molecule has 1 unspecified atom stereocenters. The van der Waals surface area contributed by atoms with E-state index in [9.17, 15) is 0 Å². The number of hydrogen-bond donors (Lipinski definition) is 1. The van der Waals surface area contributed by atoms with Crippen LogP contribution < -0.4 is 10.1 Å². The summed E-state index contributed by atoms with van der Waals surface area (Å²) >= 11 is 0. The van der Waals surface area contributed by atoms with E-state index in [4.69, 9.17) is 4.74 Å². The number of piperidine rings is 1. The third-order valence-corrected chi connectivity index (χ3v) is 4.30. The van der Waals surface area contributed by atoms with Crippen LogP contribution in [0.15, 0.2) is 24.3 Å². The van der Waals surface area contributed by atoms with Crippen molar-refractivity contribution < 1.29 is 4.74 Å². The minimum absolute atomic E-state index is 0.203. The fraction of sp³-hybridized carbons (Fsp3) is 0.667. The van der Waals surface area contributed by atoms with Gasteiger partial charge in [0.25, 0.3) is 0 Å². The standard InChI is InChI=1S/C18H30N2O/c1-14(2)16-5-7-18(8-6-16)21-15(3)13-19-17-9-11-20(4)12-10-17/h5-8,14-15,17,19H,9-13H2,1-4H3. The molecule has 1 fully saturated rings. The van der Waals surface area contributed by atoms with Crippen LogP contribution in [-0.2, 0) is 0 Å². The molecule has 0 amide bonds. The molecule has 0 radical (unpaired) electrons. The van der Waals surface area contributed by atoms with Gasteiger partial charge in [0.2, 0.25) is 0 Å². The second-order valence-corrected chi connectivity index (χ2v) is 6.64. The quantitative estimate of drug-likeness (QED) is 0.870. The molecule has 0 aliphatic carbocycles. The third-order valence-electron chi connectivity index (χ3n) is 4.30. The van der Waals surface area contributed by atoms with Gasteiger partial charge < -0.3 is 15.0 Å². The molecule has 0 bridgehead atoms. The average molecular weight is 290 g/mol. The van der Waals surface area contributed by atoms with Gasteiger partial charge >= 0.3 is 0 Å². The van der Waals surface area contributed by atoms with Gasteiger partial charge in [0, 0.05) is 12.6 Å². The lowest BCUT2D eigenvalue weighted by Gasteiger charge is -2.30. The number of ether oxygens (including phenoxy) is 1. The summed E-state index contributed by atoms with van der Waals surface area (Å²) in [5, 5.41) is 3.64. The molecule has 3 nitrogen and oxygen atoms in total. The van der Waals surface area contributed by atoms with Crippen LogP contribution in [0.3, 0.4) is 0 Å². The Labute approximate surface area is 129 Å². The van der Waals surface area contributed by atoms with Gasteiger partial charge in [0.15, 0.2) is 0 Å². The maximum absolute atomic E-state index is 5.99. The zero-order valence-electron chi connectivity index (χ0n) is 13.9. The molecular weight excluding hydrogens is 260 g/mol. The summed E-state index contributed by atoms with van der Waals surface area (Å²) in [6.07, 6.45) is 2.69. The molecule has 0 aromatic heterocycles. The van der Waals surface area contributed by atoms with Gasteiger partial charge in [-0.2, -0.15) is 0 Å². The minimum atomic E-state index is 0.203. The molecule has 1 aliphatic heterocycles. The number of nitrogens with zero attached hydrogens (tertiary/aromatic N) is 1. The molecule has 118 valence electrons. The molecule has 1 atom stereocenters. The molecule has 21 heavy (non-hydrogen) atoms. The van der Waals surface area contributed by atoms with Crippen molar-refractivity contribution in [3.05, 3.63) is 29.8 Å². The van der Waals surface area contributed by atoms with Crippen LogP contribution in [0, 0.1) is 0 Å². The Bertz CT molecular complexity index is 408. The Morgan fingerprint density at radius 3 is 2.33 bits per heavy atom. The van der Waals surface area contributed by atoms with Crippen molar-refractivity contribution in [2.45, 2.75) is 51.7 Å². The average Bonchev–Trinajstić information content (AvgIpc) is 2.47. The second-order valence-electron chi connectivity index (χ2n) is 6.64. The fourth-order valence-corrected chi connectivity index (χ4v) is 2.75. The first-order valence-electron chi connectivity index (χ1n) is 8.23. The predicted molar refractivity (Wildman–Crippen MR) is 89.1 cm³/mol. The van der Waals surface area contributed by atoms with E-state index in [1.54, 1.807) is 0 Å². The first-order valence-corrected chi connectivity index (χ1v) is 8.23. The second kappa shape index (κ2) is 7.81. The van der Waals surface area contributed by atoms with Crippen LogP contribution in [0.1, 0.15) is 45.1 Å². The highest BCUT2D eigenvalue weighted by Gasteiger charge is 2.16. The summed E-state index contributed by atoms with van der Waals surface area (Å²) in [6.45, 7) is 9.87. The van der Waals surface area contributed by atoms with Gasteiger partial charge in [-0.05, 0) is 63.5 Å². The molecule has 0 saturated carbocycles. The van der Waals surface area contributed by atoms with Gasteiger partial charge in [-0.1, -0.05) is 26.0 Å². The minimum Gasteiger partial charge on any atom is -0.489 e. The summed E-state index contributed by atoms with van der Waals surface area (Å²) in [5.74, 6) is 1.54. The van der Waals surface area contributed by atoms with Crippen molar-refractivity contribution in [1.82, 2.24) is 10.2 Å². The van der Waals surface area contributed by atoms with Crippen molar-refractivity contribution in [2.24, 2.45) is 0 Å². The van der Waals surface area contributed by atoms with Crippen LogP contribution in [0.5, 0.6) is 5.75 Å². The summed E-state index contributed by atoms with van der Waals surface area (Å²) in [5.41, 5.74) is 1.36. The van der Waals surface area contributed by atoms with Crippen LogP contribution in [0.25, 0.3) is 0 Å². The number of rotatable bonds is 6. The SMILES string of the molecule is CC(CNC1CCN(C)CC1)Oc1ccc(C(C)C)cc1. The maximum atomic E-state index is 5.99. The normalized spacial score (nSPS) is 18.9. The molecule has 1 heterocycles. The van der Waals surface area contributed by atoms with Gasteiger partial charge in [-0.15, -0.1) is 0 Å². The van der Waals surface area contributed by atoms with Gasteiger partial charge in [0.05, 0.1) is 0 Å². The van der Waals surface area contributed by atoms with E-state index in [1.165, 1.54) is 31.5 Å². The largest absolute Gasteiger partial charge is 0.489 e. The van der Waals surface area contributed by atoms with E-state index in [0.29, 0.717) is 12.0 Å². The van der Waals surface area contributed by atoms with E-state index in [2.05, 4.69) is 62.3 Å². The first kappa shape index (κ1) is 16.3. The van der Waals surface area contributed by atoms with Gasteiger partial charge in [-0.3, -0.25) is 0 Å². The Kier molecular flexibility index (Phi) is 6.07. The number of benzene rings is 1. The molecule has 1 saturated heterocycles. The molecular formula is C18H30N2O. The smallest absolute Gasteiger partial charge is 0.119 e. The van der Waals surface area contributed by atoms with Crippen molar-refractivity contribution in [3.63, 3.8) is 0 Å². The number of hydrogen-bond acceptors (Lipinski definition) is 3. The van der Waals surface area contributed by atoms with Crippen molar-refractivity contribution >= 4 is 0 Å². The van der Waals surface area contributed by atoms with Crippen LogP contribution >= 0.6 is 0 Å². The lowest BCUT2D eigenvalue weighted by Crippen LogP contribution is -2.43. The van der Waals surface area contributed by atoms with E-state index in [1.807, 2.05) is 0 Å². The molecule has 1 aromatic rings. The number of likely N-dealkylation sites (tertiary alicyclic amines) is 1. The predicted octanol–water partition coefficient (Wildman–Crippen LogP) is 3.26. The zero-order chi connectivity index (χ0) is 15.2. The lowest BCUT2D eigenvalue weighted by molar-refractivity contribution is 0.189. The van der Waals surface area contributed by atoms with Crippen molar-refractivity contribution in [3.8, 4) is 5.75 Å². The van der Waals surface area contributed by atoms with Crippen LogP contribution in [-0.4, -0.2) is 43.7 Å². The molecule has 0 spiro atoms. The van der Waals surface area contributed by atoms with Crippen molar-refractivity contribution in [1.29, 1.82) is 0 Å². The Morgan fingerprint density at radius 2 is 1.76 bits per heavy atom. The highest BCUT2D eigenvalue weighted by Crippen LogP contribution is 2.19. The van der Waals surface area contributed by atoms with E-state index >= 15 is 0 Å². The molecule has 2 rings (SSSR count). The summed E-state index contributed by atoms with van der Waals surface area (Å²) in [6, 6.07) is 9.15. The fourth-order valence-electron chi connectivity index (χ4n) is 2.75. The third kappa shape index (κ3) is 5.33. The van der Waals surface area contributed by atoms with Crippen LogP contribution in [0.2, 0.25) is 0 Å². The molecule has 1 aromatic carbocycles. The van der Waals surface area contributed by atoms with Gasteiger partial charge in [-0.25, -0.2) is 0 Å². The Morgan fingerprint density at radius 1 is 1.14 bits per heavy atom. The molecule has 1 N–H and O–H groups in total. The van der Waals surface area contributed by atoms with Gasteiger partial charge in [0.1, 0.15) is 11.9 Å². The topological polar surface area (TPSA) is 24.5 Å². The van der Waals surface area contributed by atoms with Crippen LogP contribution in [0.4, 0.5) is 0 Å². The van der Waals surface area contributed by atoms with E-state index in [-0.39, 0.29) is 6.10 Å². The summed E-state index contributed by atoms with van der Waals surface area (Å²) in [7, 11) is 2.20. The highest BCUT2D eigenvalue weighted by molar-refractivity contribution is 5.29. The Hall–Kier alpha value is -1.06. The summed E-state index contributed by atoms with van der Waals surface area (Å²) in [4.78, 5) is 2.40. The van der Waals surface area contributed by atoms with E-state index in [0.717, 1.165) is 12.3 Å². The zero-order valence-corrected chi connectivity index (χ0v) is 13.9. The lowest BCUT2D eigenvalue weighted by atomic mass is 10.0. The molecule has 1 aliphatic rings. The summed E-state index contributed by atoms with van der Waals surface area (Å²) < 4.78 is 5.99.